The van der Waals surface area contributed by atoms with Crippen molar-refractivity contribution in [3.8, 4) is 0 Å². The molecule has 0 bridgehead atoms. The molecule has 0 atom stereocenters. The Morgan fingerprint density at radius 1 is 1.07 bits per heavy atom. The van der Waals surface area contributed by atoms with Gasteiger partial charge in [-0.05, 0) is 26.2 Å². The fraction of sp³-hybridized carbons (Fsp3) is 0.818. The van der Waals surface area contributed by atoms with Gasteiger partial charge in [-0.2, -0.15) is 0 Å². The third-order valence-corrected chi connectivity index (χ3v) is 1.74. The summed E-state index contributed by atoms with van der Waals surface area (Å²) < 4.78 is 15.2. The molecular weight excluding hydrogens is 180 g/mol. The van der Waals surface area contributed by atoms with Crippen molar-refractivity contribution in [2.75, 3.05) is 33.7 Å². The fourth-order valence-corrected chi connectivity index (χ4v) is 0.950. The largest absolute Gasteiger partial charge is 0.382 e. The molecule has 0 aliphatic heterocycles. The van der Waals surface area contributed by atoms with E-state index in [2.05, 4.69) is 13.5 Å². The van der Waals surface area contributed by atoms with Gasteiger partial charge >= 0.3 is 0 Å². The summed E-state index contributed by atoms with van der Waals surface area (Å²) in [5.41, 5.74) is 1.24. The molecule has 0 N–H and O–H groups in total. The summed E-state index contributed by atoms with van der Waals surface area (Å²) in [6.45, 7) is 8.25. The Morgan fingerprint density at radius 3 is 2.43 bits per heavy atom. The summed E-state index contributed by atoms with van der Waals surface area (Å²) in [7, 11) is 1.65. The predicted molar refractivity (Wildman–Crippen MR) is 57.3 cm³/mol. The molecule has 0 spiro atoms. The molecule has 0 saturated heterocycles. The lowest BCUT2D eigenvalue weighted by molar-refractivity contribution is -0.0663. The average molecular weight is 202 g/mol. The van der Waals surface area contributed by atoms with E-state index in [4.69, 9.17) is 14.2 Å². The van der Waals surface area contributed by atoms with Crippen LogP contribution in [-0.4, -0.2) is 33.7 Å². The average Bonchev–Trinajstić information content (AvgIpc) is 2.15. The van der Waals surface area contributed by atoms with Crippen LogP contribution in [0.4, 0.5) is 0 Å². The number of hydrogen-bond acceptors (Lipinski definition) is 3. The van der Waals surface area contributed by atoms with Crippen molar-refractivity contribution in [3.63, 3.8) is 0 Å². The Kier molecular flexibility index (Phi) is 10.4. The number of ether oxygens (including phenoxy) is 3. The van der Waals surface area contributed by atoms with Crippen molar-refractivity contribution in [1.29, 1.82) is 0 Å². The minimum Gasteiger partial charge on any atom is -0.382 e. The molecule has 0 aliphatic carbocycles. The van der Waals surface area contributed by atoms with Crippen LogP contribution in [0.1, 0.15) is 26.2 Å². The molecular formula is C11H22O3. The topological polar surface area (TPSA) is 27.7 Å². The Morgan fingerprint density at radius 2 is 1.79 bits per heavy atom. The Bertz CT molecular complexity index is 134. The normalized spacial score (nSPS) is 10.4. The second-order valence-electron chi connectivity index (χ2n) is 3.34. The molecule has 0 rings (SSSR count). The molecule has 0 aromatic carbocycles. The van der Waals surface area contributed by atoms with E-state index in [1.54, 1.807) is 7.11 Å². The van der Waals surface area contributed by atoms with Gasteiger partial charge in [0.15, 0.2) is 0 Å². The van der Waals surface area contributed by atoms with Gasteiger partial charge in [-0.25, -0.2) is 0 Å². The standard InChI is InChI=1S/C11H22O3/c1-11(2)6-4-5-7-13-10-14-9-8-12-3/h1,4-10H2,2-3H3. The summed E-state index contributed by atoms with van der Waals surface area (Å²) in [5, 5.41) is 0. The van der Waals surface area contributed by atoms with E-state index in [1.807, 2.05) is 0 Å². The zero-order valence-electron chi connectivity index (χ0n) is 9.38. The summed E-state index contributed by atoms with van der Waals surface area (Å²) >= 11 is 0. The monoisotopic (exact) mass is 202 g/mol. The first-order valence-electron chi connectivity index (χ1n) is 5.06. The van der Waals surface area contributed by atoms with Crippen LogP contribution < -0.4 is 0 Å². The molecule has 0 amide bonds. The third kappa shape index (κ3) is 11.6. The van der Waals surface area contributed by atoms with Crippen LogP contribution in [0.3, 0.4) is 0 Å². The van der Waals surface area contributed by atoms with Crippen molar-refractivity contribution < 1.29 is 14.2 Å². The number of rotatable bonds is 10. The van der Waals surface area contributed by atoms with Crippen LogP contribution in [0.5, 0.6) is 0 Å². The molecule has 3 nitrogen and oxygen atoms in total. The van der Waals surface area contributed by atoms with Crippen molar-refractivity contribution in [2.24, 2.45) is 0 Å². The lowest BCUT2D eigenvalue weighted by Crippen LogP contribution is -2.06. The van der Waals surface area contributed by atoms with Gasteiger partial charge in [0, 0.05) is 13.7 Å². The Hall–Kier alpha value is -0.380. The van der Waals surface area contributed by atoms with Gasteiger partial charge in [-0.1, -0.05) is 5.57 Å². The lowest BCUT2D eigenvalue weighted by atomic mass is 10.1. The van der Waals surface area contributed by atoms with Crippen molar-refractivity contribution in [1.82, 2.24) is 0 Å². The SMILES string of the molecule is C=C(C)CCCCOCOCCOC. The maximum atomic E-state index is 5.25. The molecule has 0 aromatic rings. The molecule has 0 aliphatic rings. The van der Waals surface area contributed by atoms with E-state index >= 15 is 0 Å². The molecule has 0 radical (unpaired) electrons. The molecule has 3 heteroatoms. The third-order valence-electron chi connectivity index (χ3n) is 1.74. The van der Waals surface area contributed by atoms with Crippen molar-refractivity contribution in [3.05, 3.63) is 12.2 Å². The van der Waals surface area contributed by atoms with Crippen LogP contribution in [0, 0.1) is 0 Å². The highest BCUT2D eigenvalue weighted by Crippen LogP contribution is 2.03. The minimum atomic E-state index is 0.371. The summed E-state index contributed by atoms with van der Waals surface area (Å²) in [6, 6.07) is 0. The maximum Gasteiger partial charge on any atom is 0.146 e. The predicted octanol–water partition coefficient (Wildman–Crippen LogP) is 2.37. The van der Waals surface area contributed by atoms with Gasteiger partial charge in [0.25, 0.3) is 0 Å². The maximum absolute atomic E-state index is 5.25. The van der Waals surface area contributed by atoms with Gasteiger partial charge in [0.2, 0.25) is 0 Å². The number of allylic oxidation sites excluding steroid dienone is 1. The second-order valence-corrected chi connectivity index (χ2v) is 3.34. The van der Waals surface area contributed by atoms with Gasteiger partial charge in [0.05, 0.1) is 13.2 Å². The van der Waals surface area contributed by atoms with Crippen molar-refractivity contribution in [2.45, 2.75) is 26.2 Å². The Labute approximate surface area is 87.0 Å². The van der Waals surface area contributed by atoms with E-state index in [1.165, 1.54) is 5.57 Å². The highest BCUT2D eigenvalue weighted by molar-refractivity contribution is 4.86. The van der Waals surface area contributed by atoms with E-state index in [0.29, 0.717) is 20.0 Å². The van der Waals surface area contributed by atoms with Crippen LogP contribution in [0.2, 0.25) is 0 Å². The van der Waals surface area contributed by atoms with Crippen LogP contribution in [-0.2, 0) is 14.2 Å². The molecule has 14 heavy (non-hydrogen) atoms. The smallest absolute Gasteiger partial charge is 0.146 e. The van der Waals surface area contributed by atoms with Gasteiger partial charge in [-0.3, -0.25) is 0 Å². The van der Waals surface area contributed by atoms with E-state index in [-0.39, 0.29) is 0 Å². The van der Waals surface area contributed by atoms with E-state index in [9.17, 15) is 0 Å². The van der Waals surface area contributed by atoms with Crippen LogP contribution >= 0.6 is 0 Å². The first-order chi connectivity index (χ1) is 6.77. The lowest BCUT2D eigenvalue weighted by Gasteiger charge is -2.05. The highest BCUT2D eigenvalue weighted by Gasteiger charge is 1.91. The summed E-state index contributed by atoms with van der Waals surface area (Å²) in [4.78, 5) is 0. The molecule has 0 aromatic heterocycles. The van der Waals surface area contributed by atoms with Gasteiger partial charge in [-0.15, -0.1) is 6.58 Å². The van der Waals surface area contributed by atoms with E-state index < -0.39 is 0 Å². The minimum absolute atomic E-state index is 0.371. The van der Waals surface area contributed by atoms with Crippen LogP contribution in [0.25, 0.3) is 0 Å². The molecule has 0 fully saturated rings. The van der Waals surface area contributed by atoms with Gasteiger partial charge < -0.3 is 14.2 Å². The number of methoxy groups -OCH3 is 1. The van der Waals surface area contributed by atoms with E-state index in [0.717, 1.165) is 25.9 Å². The fourth-order valence-electron chi connectivity index (χ4n) is 0.950. The van der Waals surface area contributed by atoms with Crippen LogP contribution in [0.15, 0.2) is 12.2 Å². The van der Waals surface area contributed by atoms with Crippen molar-refractivity contribution >= 4 is 0 Å². The highest BCUT2D eigenvalue weighted by atomic mass is 16.7. The molecule has 0 unspecified atom stereocenters. The number of unbranched alkanes of at least 4 members (excludes halogenated alkanes) is 1. The zero-order chi connectivity index (χ0) is 10.6. The summed E-state index contributed by atoms with van der Waals surface area (Å²) in [5.74, 6) is 0. The quantitative estimate of drug-likeness (QED) is 0.309. The molecule has 84 valence electrons. The number of hydrogen-bond donors (Lipinski definition) is 0. The second kappa shape index (κ2) is 10.7. The molecule has 0 saturated carbocycles. The molecule has 0 heterocycles. The zero-order valence-corrected chi connectivity index (χ0v) is 9.38. The summed E-state index contributed by atoms with van der Waals surface area (Å²) in [6.07, 6.45) is 3.31. The first kappa shape index (κ1) is 13.6. The van der Waals surface area contributed by atoms with Gasteiger partial charge in [0.1, 0.15) is 6.79 Å². The Balaban J connectivity index is 2.88. The first-order valence-corrected chi connectivity index (χ1v) is 5.06.